The molecule has 1 rings (SSSR count). The molecule has 8 heteroatoms. The van der Waals surface area contributed by atoms with Crippen LogP contribution in [-0.2, 0) is 26.5 Å². The van der Waals surface area contributed by atoms with E-state index in [9.17, 15) is 17.1 Å². The highest BCUT2D eigenvalue weighted by Gasteiger charge is 2.14. The third-order valence-corrected chi connectivity index (χ3v) is 2.47. The first-order valence-corrected chi connectivity index (χ1v) is 6.19. The van der Waals surface area contributed by atoms with Crippen molar-refractivity contribution in [2.24, 2.45) is 5.73 Å². The van der Waals surface area contributed by atoms with Crippen LogP contribution in [-0.4, -0.2) is 27.5 Å². The van der Waals surface area contributed by atoms with Crippen LogP contribution in [0.15, 0.2) is 24.3 Å². The fraction of sp³-hybridized carbons (Fsp3) is 0.300. The van der Waals surface area contributed by atoms with Crippen molar-refractivity contribution in [3.05, 3.63) is 29.8 Å². The number of carbonyl (C=O) groups is 1. The van der Waals surface area contributed by atoms with E-state index in [1.807, 2.05) is 0 Å². The second-order valence-corrected chi connectivity index (χ2v) is 4.41. The van der Waals surface area contributed by atoms with Gasteiger partial charge in [0.2, 0.25) is 0 Å². The van der Waals surface area contributed by atoms with Crippen molar-refractivity contribution in [2.45, 2.75) is 12.5 Å². The van der Waals surface area contributed by atoms with Crippen LogP contribution in [0.5, 0.6) is 5.75 Å². The van der Waals surface area contributed by atoms with Crippen LogP contribution in [0.2, 0.25) is 0 Å². The minimum atomic E-state index is -5.03. The van der Waals surface area contributed by atoms with E-state index < -0.39 is 22.5 Å². The van der Waals surface area contributed by atoms with Crippen molar-refractivity contribution < 1.29 is 26.0 Å². The smallest absolute Gasteiger partial charge is 0.468 e. The number of hydrogen-bond acceptors (Lipinski definition) is 6. The van der Waals surface area contributed by atoms with Gasteiger partial charge in [-0.1, -0.05) is 16.0 Å². The first-order valence-electron chi connectivity index (χ1n) is 4.88. The standard InChI is InChI=1S/C10H12FNO5S/c1-16-10(13)9(12)6-7-2-4-8(5-3-7)17-18(11,14)15/h2-5,9H,6,12H2,1H3/t9-/m0/s1. The summed E-state index contributed by atoms with van der Waals surface area (Å²) in [5, 5.41) is 0. The van der Waals surface area contributed by atoms with Crippen molar-refractivity contribution in [3.8, 4) is 5.75 Å². The summed E-state index contributed by atoms with van der Waals surface area (Å²) in [6.45, 7) is 0. The number of halogens is 1. The van der Waals surface area contributed by atoms with Gasteiger partial charge in [0.05, 0.1) is 7.11 Å². The van der Waals surface area contributed by atoms with Gasteiger partial charge >= 0.3 is 16.5 Å². The fourth-order valence-electron chi connectivity index (χ4n) is 1.28. The van der Waals surface area contributed by atoms with Crippen LogP contribution in [0.25, 0.3) is 0 Å². The molecule has 0 unspecified atom stereocenters. The third-order valence-electron chi connectivity index (χ3n) is 2.08. The Morgan fingerprint density at radius 3 is 2.39 bits per heavy atom. The lowest BCUT2D eigenvalue weighted by Crippen LogP contribution is -2.33. The number of hydrogen-bond donors (Lipinski definition) is 1. The molecule has 0 aliphatic heterocycles. The Morgan fingerprint density at radius 1 is 1.39 bits per heavy atom. The van der Waals surface area contributed by atoms with Crippen LogP contribution in [0.3, 0.4) is 0 Å². The van der Waals surface area contributed by atoms with E-state index in [0.717, 1.165) is 0 Å². The second-order valence-electron chi connectivity index (χ2n) is 3.45. The highest BCUT2D eigenvalue weighted by molar-refractivity contribution is 7.81. The van der Waals surface area contributed by atoms with Gasteiger partial charge in [-0.05, 0) is 24.1 Å². The van der Waals surface area contributed by atoms with Gasteiger partial charge in [-0.2, -0.15) is 8.42 Å². The Morgan fingerprint density at radius 2 is 1.94 bits per heavy atom. The number of benzene rings is 1. The third kappa shape index (κ3) is 4.68. The molecule has 0 aliphatic rings. The molecule has 1 aromatic rings. The molecule has 0 saturated carbocycles. The summed E-state index contributed by atoms with van der Waals surface area (Å²) in [4.78, 5) is 11.1. The van der Waals surface area contributed by atoms with Gasteiger partial charge in [0.1, 0.15) is 11.8 Å². The Bertz CT molecular complexity index is 514. The van der Waals surface area contributed by atoms with Crippen LogP contribution < -0.4 is 9.92 Å². The molecule has 0 aliphatic carbocycles. The Kier molecular flexibility index (Phi) is 4.62. The van der Waals surface area contributed by atoms with E-state index in [0.29, 0.717) is 5.56 Å². The maximum atomic E-state index is 12.2. The van der Waals surface area contributed by atoms with Gasteiger partial charge in [0, 0.05) is 0 Å². The van der Waals surface area contributed by atoms with Crippen LogP contribution in [0, 0.1) is 0 Å². The van der Waals surface area contributed by atoms with Gasteiger partial charge in [-0.25, -0.2) is 0 Å². The minimum absolute atomic E-state index is 0.159. The lowest BCUT2D eigenvalue weighted by atomic mass is 10.1. The van der Waals surface area contributed by atoms with E-state index in [4.69, 9.17) is 5.73 Å². The number of rotatable bonds is 5. The summed E-state index contributed by atoms with van der Waals surface area (Å²) in [5.74, 6) is -0.713. The SMILES string of the molecule is COC(=O)[C@@H](N)Cc1ccc(OS(=O)(=O)F)cc1. The zero-order valence-electron chi connectivity index (χ0n) is 9.50. The van der Waals surface area contributed by atoms with Crippen LogP contribution >= 0.6 is 0 Å². The molecule has 1 aromatic carbocycles. The van der Waals surface area contributed by atoms with E-state index in [1.54, 1.807) is 0 Å². The molecule has 1 atom stereocenters. The van der Waals surface area contributed by atoms with Gasteiger partial charge in [0.25, 0.3) is 0 Å². The molecule has 0 amide bonds. The minimum Gasteiger partial charge on any atom is -0.468 e. The van der Waals surface area contributed by atoms with Gasteiger partial charge in [-0.15, -0.1) is 0 Å². The predicted octanol–water partition coefficient (Wildman–Crippen LogP) is 0.322. The zero-order chi connectivity index (χ0) is 13.8. The molecule has 0 spiro atoms. The van der Waals surface area contributed by atoms with Crippen molar-refractivity contribution in [3.63, 3.8) is 0 Å². The average Bonchev–Trinajstić information content (AvgIpc) is 2.28. The molecular formula is C10H12FNO5S. The first kappa shape index (κ1) is 14.4. The molecule has 0 fully saturated rings. The molecule has 2 N–H and O–H groups in total. The predicted molar refractivity (Wildman–Crippen MR) is 60.8 cm³/mol. The lowest BCUT2D eigenvalue weighted by Gasteiger charge is -2.09. The monoisotopic (exact) mass is 277 g/mol. The second kappa shape index (κ2) is 5.78. The quantitative estimate of drug-likeness (QED) is 0.615. The fourth-order valence-corrected chi connectivity index (χ4v) is 1.63. The summed E-state index contributed by atoms with van der Waals surface area (Å²) in [5.41, 5.74) is 6.20. The maximum Gasteiger partial charge on any atom is 0.488 e. The normalized spacial score (nSPS) is 12.8. The largest absolute Gasteiger partial charge is 0.488 e. The molecule has 0 aromatic heterocycles. The Hall–Kier alpha value is -1.67. The van der Waals surface area contributed by atoms with E-state index in [-0.39, 0.29) is 12.2 Å². The molecule has 18 heavy (non-hydrogen) atoms. The summed E-state index contributed by atoms with van der Waals surface area (Å²) < 4.78 is 41.1. The van der Waals surface area contributed by atoms with Crippen molar-refractivity contribution in [1.82, 2.24) is 0 Å². The zero-order valence-corrected chi connectivity index (χ0v) is 10.3. The molecule has 0 saturated heterocycles. The number of carbonyl (C=O) groups excluding carboxylic acids is 1. The van der Waals surface area contributed by atoms with Crippen LogP contribution in [0.1, 0.15) is 5.56 Å². The molecule has 0 heterocycles. The summed E-state index contributed by atoms with van der Waals surface area (Å²) >= 11 is 0. The van der Waals surface area contributed by atoms with E-state index in [2.05, 4.69) is 8.92 Å². The van der Waals surface area contributed by atoms with E-state index >= 15 is 0 Å². The van der Waals surface area contributed by atoms with E-state index in [1.165, 1.54) is 31.4 Å². The number of nitrogens with two attached hydrogens (primary N) is 1. The van der Waals surface area contributed by atoms with Crippen LogP contribution in [0.4, 0.5) is 3.89 Å². The maximum absolute atomic E-state index is 12.2. The van der Waals surface area contributed by atoms with Crippen molar-refractivity contribution in [2.75, 3.05) is 7.11 Å². The van der Waals surface area contributed by atoms with Gasteiger partial charge < -0.3 is 14.7 Å². The Balaban J connectivity index is 2.69. The summed E-state index contributed by atoms with van der Waals surface area (Å²) in [6, 6.07) is 4.66. The summed E-state index contributed by atoms with van der Waals surface area (Å²) in [7, 11) is -3.80. The average molecular weight is 277 g/mol. The number of ether oxygens (including phenoxy) is 1. The highest BCUT2D eigenvalue weighted by Crippen LogP contribution is 2.15. The summed E-state index contributed by atoms with van der Waals surface area (Å²) in [6.07, 6.45) is 0.218. The van der Waals surface area contributed by atoms with Crippen molar-refractivity contribution in [1.29, 1.82) is 0 Å². The highest BCUT2D eigenvalue weighted by atomic mass is 32.3. The molecule has 100 valence electrons. The lowest BCUT2D eigenvalue weighted by molar-refractivity contribution is -0.142. The molecule has 0 bridgehead atoms. The molecule has 0 radical (unpaired) electrons. The van der Waals surface area contributed by atoms with Gasteiger partial charge in [0.15, 0.2) is 0 Å². The number of methoxy groups -OCH3 is 1. The molecular weight excluding hydrogens is 265 g/mol. The Labute approximate surface area is 104 Å². The number of esters is 1. The van der Waals surface area contributed by atoms with Crippen molar-refractivity contribution >= 4 is 16.5 Å². The molecule has 6 nitrogen and oxygen atoms in total. The van der Waals surface area contributed by atoms with Gasteiger partial charge in [-0.3, -0.25) is 4.79 Å². The topological polar surface area (TPSA) is 95.7 Å². The first-order chi connectivity index (χ1) is 8.31.